The van der Waals surface area contributed by atoms with E-state index in [1.54, 1.807) is 12.1 Å². The Morgan fingerprint density at radius 1 is 1.04 bits per heavy atom. The molecule has 0 radical (unpaired) electrons. The van der Waals surface area contributed by atoms with Gasteiger partial charge in [-0.15, -0.1) is 0 Å². The van der Waals surface area contributed by atoms with Crippen LogP contribution >= 0.6 is 11.6 Å². The number of nitrogens with zero attached hydrogens (tertiary/aromatic N) is 2. The first-order valence-electron chi connectivity index (χ1n) is 8.17. The van der Waals surface area contributed by atoms with Crippen LogP contribution in [0.5, 0.6) is 0 Å². The molecule has 0 aliphatic carbocycles. The molecule has 1 heterocycles. The SMILES string of the molecule is Cc1cccc(N2CCN(C(=O)Nc3cccc(Cl)c3)CC2)c1C. The summed E-state index contributed by atoms with van der Waals surface area (Å²) in [5.41, 5.74) is 4.61. The van der Waals surface area contributed by atoms with Crippen LogP contribution in [-0.2, 0) is 0 Å². The average molecular weight is 344 g/mol. The number of rotatable bonds is 2. The van der Waals surface area contributed by atoms with E-state index in [1.165, 1.54) is 16.8 Å². The molecular formula is C19H22ClN3O. The summed E-state index contributed by atoms with van der Waals surface area (Å²) in [5.74, 6) is 0. The predicted octanol–water partition coefficient (Wildman–Crippen LogP) is 4.31. The van der Waals surface area contributed by atoms with Gasteiger partial charge in [-0.3, -0.25) is 0 Å². The van der Waals surface area contributed by atoms with Crippen molar-refractivity contribution in [3.05, 3.63) is 58.6 Å². The molecule has 0 unspecified atom stereocenters. The Labute approximate surface area is 148 Å². The van der Waals surface area contributed by atoms with E-state index in [1.807, 2.05) is 17.0 Å². The van der Waals surface area contributed by atoms with Gasteiger partial charge in [-0.25, -0.2) is 4.79 Å². The lowest BCUT2D eigenvalue weighted by molar-refractivity contribution is 0.208. The Morgan fingerprint density at radius 3 is 2.46 bits per heavy atom. The molecule has 2 aromatic carbocycles. The van der Waals surface area contributed by atoms with E-state index in [0.717, 1.165) is 18.8 Å². The van der Waals surface area contributed by atoms with Gasteiger partial charge in [-0.05, 0) is 49.2 Å². The summed E-state index contributed by atoms with van der Waals surface area (Å²) in [6, 6.07) is 13.5. The molecule has 0 spiro atoms. The molecule has 24 heavy (non-hydrogen) atoms. The molecular weight excluding hydrogens is 322 g/mol. The van der Waals surface area contributed by atoms with Crippen LogP contribution in [0.25, 0.3) is 0 Å². The van der Waals surface area contributed by atoms with Crippen LogP contribution in [-0.4, -0.2) is 37.1 Å². The molecule has 4 nitrogen and oxygen atoms in total. The van der Waals surface area contributed by atoms with E-state index < -0.39 is 0 Å². The molecule has 0 saturated carbocycles. The molecule has 1 aliphatic heterocycles. The maximum Gasteiger partial charge on any atom is 0.321 e. The maximum absolute atomic E-state index is 12.4. The van der Waals surface area contributed by atoms with Gasteiger partial charge in [0.15, 0.2) is 0 Å². The summed E-state index contributed by atoms with van der Waals surface area (Å²) in [6.45, 7) is 7.39. The third kappa shape index (κ3) is 3.65. The number of nitrogens with one attached hydrogen (secondary N) is 1. The highest BCUT2D eigenvalue weighted by atomic mass is 35.5. The van der Waals surface area contributed by atoms with E-state index in [0.29, 0.717) is 18.1 Å². The quantitative estimate of drug-likeness (QED) is 0.881. The van der Waals surface area contributed by atoms with Crippen LogP contribution < -0.4 is 10.2 Å². The van der Waals surface area contributed by atoms with Crippen molar-refractivity contribution in [2.45, 2.75) is 13.8 Å². The lowest BCUT2D eigenvalue weighted by Crippen LogP contribution is -2.50. The van der Waals surface area contributed by atoms with Gasteiger partial charge < -0.3 is 15.1 Å². The van der Waals surface area contributed by atoms with Crippen molar-refractivity contribution >= 4 is 29.0 Å². The lowest BCUT2D eigenvalue weighted by Gasteiger charge is -2.37. The van der Waals surface area contributed by atoms with E-state index in [9.17, 15) is 4.79 Å². The predicted molar refractivity (Wildman–Crippen MR) is 100 cm³/mol. The van der Waals surface area contributed by atoms with Crippen molar-refractivity contribution in [1.29, 1.82) is 0 Å². The van der Waals surface area contributed by atoms with Gasteiger partial charge in [-0.1, -0.05) is 29.8 Å². The van der Waals surface area contributed by atoms with Gasteiger partial charge in [0.05, 0.1) is 0 Å². The Hall–Kier alpha value is -2.20. The van der Waals surface area contributed by atoms with Crippen molar-refractivity contribution in [1.82, 2.24) is 4.90 Å². The maximum atomic E-state index is 12.4. The minimum atomic E-state index is -0.0714. The second-order valence-corrected chi connectivity index (χ2v) is 6.57. The minimum absolute atomic E-state index is 0.0714. The van der Waals surface area contributed by atoms with E-state index in [4.69, 9.17) is 11.6 Å². The largest absolute Gasteiger partial charge is 0.368 e. The first kappa shape index (κ1) is 16.7. The number of benzene rings is 2. The summed E-state index contributed by atoms with van der Waals surface area (Å²) in [7, 11) is 0. The number of piperazine rings is 1. The lowest BCUT2D eigenvalue weighted by atomic mass is 10.1. The number of carbonyl (C=O) groups excluding carboxylic acids is 1. The van der Waals surface area contributed by atoms with Crippen molar-refractivity contribution in [3.63, 3.8) is 0 Å². The molecule has 1 aliphatic rings. The topological polar surface area (TPSA) is 35.6 Å². The molecule has 126 valence electrons. The van der Waals surface area contributed by atoms with Crippen molar-refractivity contribution in [2.75, 3.05) is 36.4 Å². The molecule has 5 heteroatoms. The van der Waals surface area contributed by atoms with Crippen LogP contribution in [0.3, 0.4) is 0 Å². The minimum Gasteiger partial charge on any atom is -0.368 e. The smallest absolute Gasteiger partial charge is 0.321 e. The fraction of sp³-hybridized carbons (Fsp3) is 0.316. The van der Waals surface area contributed by atoms with E-state index >= 15 is 0 Å². The number of hydrogen-bond acceptors (Lipinski definition) is 2. The summed E-state index contributed by atoms with van der Waals surface area (Å²) in [6.07, 6.45) is 0. The normalized spacial score (nSPS) is 14.6. The number of aryl methyl sites for hydroxylation is 1. The Morgan fingerprint density at radius 2 is 1.75 bits per heavy atom. The zero-order chi connectivity index (χ0) is 17.1. The highest BCUT2D eigenvalue weighted by Crippen LogP contribution is 2.24. The van der Waals surface area contributed by atoms with Crippen molar-refractivity contribution in [3.8, 4) is 0 Å². The van der Waals surface area contributed by atoms with Gasteiger partial charge in [0.2, 0.25) is 0 Å². The zero-order valence-corrected chi connectivity index (χ0v) is 14.8. The number of hydrogen-bond donors (Lipinski definition) is 1. The Balaban J connectivity index is 1.60. The number of halogens is 1. The Kier molecular flexibility index (Phi) is 4.95. The van der Waals surface area contributed by atoms with Crippen molar-refractivity contribution in [2.24, 2.45) is 0 Å². The third-order valence-electron chi connectivity index (χ3n) is 4.56. The molecule has 1 fully saturated rings. The highest BCUT2D eigenvalue weighted by molar-refractivity contribution is 6.30. The van der Waals surface area contributed by atoms with Crippen LogP contribution in [0, 0.1) is 13.8 Å². The number of urea groups is 1. The fourth-order valence-electron chi connectivity index (χ4n) is 3.00. The average Bonchev–Trinajstić information content (AvgIpc) is 2.57. The van der Waals surface area contributed by atoms with E-state index in [-0.39, 0.29) is 6.03 Å². The second-order valence-electron chi connectivity index (χ2n) is 6.13. The van der Waals surface area contributed by atoms with Crippen LogP contribution in [0.4, 0.5) is 16.2 Å². The van der Waals surface area contributed by atoms with Crippen LogP contribution in [0.1, 0.15) is 11.1 Å². The summed E-state index contributed by atoms with van der Waals surface area (Å²) < 4.78 is 0. The standard InChI is InChI=1S/C19H22ClN3O/c1-14-5-3-8-18(15(14)2)22-9-11-23(12-10-22)19(24)21-17-7-4-6-16(20)13-17/h3-8,13H,9-12H2,1-2H3,(H,21,24). The molecule has 2 amide bonds. The zero-order valence-electron chi connectivity index (χ0n) is 14.1. The van der Waals surface area contributed by atoms with Gasteiger partial charge >= 0.3 is 6.03 Å². The molecule has 0 aromatic heterocycles. The van der Waals surface area contributed by atoms with E-state index in [2.05, 4.69) is 42.3 Å². The molecule has 1 N–H and O–H groups in total. The van der Waals surface area contributed by atoms with Crippen LogP contribution in [0.2, 0.25) is 5.02 Å². The van der Waals surface area contributed by atoms with Crippen LogP contribution in [0.15, 0.2) is 42.5 Å². The second kappa shape index (κ2) is 7.14. The molecule has 1 saturated heterocycles. The Bertz CT molecular complexity index is 739. The molecule has 0 bridgehead atoms. The highest BCUT2D eigenvalue weighted by Gasteiger charge is 2.22. The molecule has 0 atom stereocenters. The summed E-state index contributed by atoms with van der Waals surface area (Å²) in [4.78, 5) is 16.6. The van der Waals surface area contributed by atoms with Gasteiger partial charge in [0.1, 0.15) is 0 Å². The third-order valence-corrected chi connectivity index (χ3v) is 4.79. The molecule has 2 aromatic rings. The van der Waals surface area contributed by atoms with Gasteiger partial charge in [0, 0.05) is 42.6 Å². The van der Waals surface area contributed by atoms with Crippen molar-refractivity contribution < 1.29 is 4.79 Å². The summed E-state index contributed by atoms with van der Waals surface area (Å²) >= 11 is 5.96. The number of carbonyl (C=O) groups is 1. The van der Waals surface area contributed by atoms with Gasteiger partial charge in [-0.2, -0.15) is 0 Å². The number of anilines is 2. The number of amides is 2. The summed E-state index contributed by atoms with van der Waals surface area (Å²) in [5, 5.41) is 3.53. The molecule has 3 rings (SSSR count). The monoisotopic (exact) mass is 343 g/mol. The fourth-order valence-corrected chi connectivity index (χ4v) is 3.19. The first-order chi connectivity index (χ1) is 11.5. The van der Waals surface area contributed by atoms with Gasteiger partial charge in [0.25, 0.3) is 0 Å². The first-order valence-corrected chi connectivity index (χ1v) is 8.55.